The molecule has 0 atom stereocenters. The van der Waals surface area contributed by atoms with Gasteiger partial charge in [0.15, 0.2) is 18.0 Å². The lowest BCUT2D eigenvalue weighted by molar-refractivity contribution is -0.119. The van der Waals surface area contributed by atoms with Crippen LogP contribution in [0.5, 0.6) is 0 Å². The van der Waals surface area contributed by atoms with Crippen molar-refractivity contribution in [2.24, 2.45) is 0 Å². The van der Waals surface area contributed by atoms with Crippen molar-refractivity contribution in [3.05, 3.63) is 63.6 Å². The van der Waals surface area contributed by atoms with Crippen LogP contribution in [-0.2, 0) is 9.53 Å². The molecular formula is C18H12Cl2FNO4. The van der Waals surface area contributed by atoms with Gasteiger partial charge in [0, 0.05) is 10.9 Å². The average Bonchev–Trinajstić information content (AvgIpc) is 2.95. The van der Waals surface area contributed by atoms with Crippen molar-refractivity contribution >= 4 is 51.7 Å². The fourth-order valence-electron chi connectivity index (χ4n) is 2.39. The number of carbonyl (C=O) groups excluding carboxylic acids is 2. The second-order valence-electron chi connectivity index (χ2n) is 5.40. The number of halogens is 3. The molecule has 1 aromatic heterocycles. The van der Waals surface area contributed by atoms with Crippen molar-refractivity contribution in [3.63, 3.8) is 0 Å². The Balaban J connectivity index is 1.69. The van der Waals surface area contributed by atoms with E-state index >= 15 is 0 Å². The number of amides is 1. The molecule has 26 heavy (non-hydrogen) atoms. The Kier molecular flexibility index (Phi) is 5.15. The second-order valence-corrected chi connectivity index (χ2v) is 6.18. The summed E-state index contributed by atoms with van der Waals surface area (Å²) in [5.41, 5.74) is 0.692. The summed E-state index contributed by atoms with van der Waals surface area (Å²) >= 11 is 11.8. The molecule has 0 aliphatic rings. The molecule has 3 rings (SSSR count). The van der Waals surface area contributed by atoms with E-state index in [1.807, 2.05) is 0 Å². The van der Waals surface area contributed by atoms with E-state index in [1.54, 1.807) is 31.2 Å². The van der Waals surface area contributed by atoms with Crippen molar-refractivity contribution in [3.8, 4) is 0 Å². The van der Waals surface area contributed by atoms with E-state index in [4.69, 9.17) is 32.4 Å². The van der Waals surface area contributed by atoms with E-state index in [0.717, 1.165) is 0 Å². The molecule has 134 valence electrons. The molecule has 5 nitrogen and oxygen atoms in total. The summed E-state index contributed by atoms with van der Waals surface area (Å²) in [5.74, 6) is -2.22. The SMILES string of the molecule is Cc1c(C(=O)OCC(=O)Nc2cccc(Cl)c2Cl)oc2c(F)cccc12. The highest BCUT2D eigenvalue weighted by atomic mass is 35.5. The maximum Gasteiger partial charge on any atom is 0.375 e. The number of fused-ring (bicyclic) bond motifs is 1. The third-order valence-electron chi connectivity index (χ3n) is 3.66. The van der Waals surface area contributed by atoms with Crippen LogP contribution in [0.1, 0.15) is 16.1 Å². The molecule has 0 aliphatic heterocycles. The number of hydrogen-bond acceptors (Lipinski definition) is 4. The van der Waals surface area contributed by atoms with E-state index in [0.29, 0.717) is 16.6 Å². The molecule has 0 aliphatic carbocycles. The fourth-order valence-corrected chi connectivity index (χ4v) is 2.73. The summed E-state index contributed by atoms with van der Waals surface area (Å²) in [5, 5.41) is 3.41. The molecule has 0 bridgehead atoms. The zero-order valence-electron chi connectivity index (χ0n) is 13.4. The van der Waals surface area contributed by atoms with Gasteiger partial charge in [0.2, 0.25) is 5.76 Å². The Morgan fingerprint density at radius 3 is 2.65 bits per heavy atom. The van der Waals surface area contributed by atoms with Gasteiger partial charge in [-0.1, -0.05) is 41.4 Å². The van der Waals surface area contributed by atoms with Crippen LogP contribution >= 0.6 is 23.2 Å². The van der Waals surface area contributed by atoms with Crippen LogP contribution in [0.4, 0.5) is 10.1 Å². The monoisotopic (exact) mass is 395 g/mol. The quantitative estimate of drug-likeness (QED) is 0.632. The lowest BCUT2D eigenvalue weighted by Gasteiger charge is -2.08. The van der Waals surface area contributed by atoms with E-state index in [1.165, 1.54) is 12.1 Å². The van der Waals surface area contributed by atoms with Crippen LogP contribution in [0, 0.1) is 12.7 Å². The zero-order valence-corrected chi connectivity index (χ0v) is 14.9. The Labute approximate surface area is 157 Å². The van der Waals surface area contributed by atoms with Gasteiger partial charge in [0.25, 0.3) is 5.91 Å². The Morgan fingerprint density at radius 1 is 1.19 bits per heavy atom. The Bertz CT molecular complexity index is 1020. The minimum absolute atomic E-state index is 0.0351. The number of nitrogens with one attached hydrogen (secondary N) is 1. The van der Waals surface area contributed by atoms with Crippen LogP contribution in [-0.4, -0.2) is 18.5 Å². The maximum absolute atomic E-state index is 13.7. The fraction of sp³-hybridized carbons (Fsp3) is 0.111. The zero-order chi connectivity index (χ0) is 18.8. The first-order chi connectivity index (χ1) is 12.4. The number of hydrogen-bond donors (Lipinski definition) is 1. The molecule has 2 aromatic carbocycles. The number of ether oxygens (including phenoxy) is 1. The van der Waals surface area contributed by atoms with E-state index in [9.17, 15) is 14.0 Å². The van der Waals surface area contributed by atoms with Crippen molar-refractivity contribution in [2.45, 2.75) is 6.92 Å². The molecule has 0 radical (unpaired) electrons. The number of para-hydroxylation sites is 1. The van der Waals surface area contributed by atoms with Crippen LogP contribution in [0.3, 0.4) is 0 Å². The van der Waals surface area contributed by atoms with Gasteiger partial charge in [-0.05, 0) is 25.1 Å². The first-order valence-corrected chi connectivity index (χ1v) is 8.22. The number of esters is 1. The number of furan rings is 1. The standard InChI is InChI=1S/C18H12Cl2FNO4/c1-9-10-4-2-6-12(21)17(10)26-16(9)18(24)25-8-14(23)22-13-7-3-5-11(19)15(13)20/h2-7H,8H2,1H3,(H,22,23). The number of anilines is 1. The highest BCUT2D eigenvalue weighted by Crippen LogP contribution is 2.30. The lowest BCUT2D eigenvalue weighted by Crippen LogP contribution is -2.21. The molecule has 0 spiro atoms. The number of carbonyl (C=O) groups is 2. The van der Waals surface area contributed by atoms with Crippen molar-refractivity contribution in [2.75, 3.05) is 11.9 Å². The van der Waals surface area contributed by atoms with Gasteiger partial charge in [-0.25, -0.2) is 9.18 Å². The third-order valence-corrected chi connectivity index (χ3v) is 4.48. The summed E-state index contributed by atoms with van der Waals surface area (Å²) in [7, 11) is 0. The second kappa shape index (κ2) is 7.35. The minimum Gasteiger partial charge on any atom is -0.450 e. The molecular weight excluding hydrogens is 384 g/mol. The van der Waals surface area contributed by atoms with E-state index < -0.39 is 24.3 Å². The first-order valence-electron chi connectivity index (χ1n) is 7.47. The molecule has 3 aromatic rings. The van der Waals surface area contributed by atoms with E-state index in [-0.39, 0.29) is 21.4 Å². The average molecular weight is 396 g/mol. The normalized spacial score (nSPS) is 10.8. The smallest absolute Gasteiger partial charge is 0.375 e. The topological polar surface area (TPSA) is 68.5 Å². The molecule has 0 saturated heterocycles. The van der Waals surface area contributed by atoms with Crippen LogP contribution in [0.2, 0.25) is 10.0 Å². The lowest BCUT2D eigenvalue weighted by atomic mass is 10.1. The summed E-state index contributed by atoms with van der Waals surface area (Å²) in [6, 6.07) is 9.10. The molecule has 1 amide bonds. The molecule has 0 saturated carbocycles. The minimum atomic E-state index is -0.870. The number of benzene rings is 2. The molecule has 1 N–H and O–H groups in total. The highest BCUT2D eigenvalue weighted by Gasteiger charge is 2.21. The third kappa shape index (κ3) is 3.52. The molecule has 1 heterocycles. The van der Waals surface area contributed by atoms with Crippen LogP contribution in [0.15, 0.2) is 40.8 Å². The van der Waals surface area contributed by atoms with Gasteiger partial charge in [0.1, 0.15) is 0 Å². The Morgan fingerprint density at radius 2 is 1.92 bits per heavy atom. The number of aryl methyl sites for hydroxylation is 1. The summed E-state index contributed by atoms with van der Waals surface area (Å²) in [6.07, 6.45) is 0. The Hall–Kier alpha value is -2.57. The number of rotatable bonds is 4. The molecule has 0 fully saturated rings. The summed E-state index contributed by atoms with van der Waals surface area (Å²) in [4.78, 5) is 24.1. The highest BCUT2D eigenvalue weighted by molar-refractivity contribution is 6.44. The van der Waals surface area contributed by atoms with E-state index in [2.05, 4.69) is 5.32 Å². The van der Waals surface area contributed by atoms with Gasteiger partial charge in [-0.2, -0.15) is 0 Å². The predicted octanol–water partition coefficient (Wildman–Crippen LogP) is 4.98. The maximum atomic E-state index is 13.7. The largest absolute Gasteiger partial charge is 0.450 e. The first kappa shape index (κ1) is 18.2. The van der Waals surface area contributed by atoms with Gasteiger partial charge >= 0.3 is 5.97 Å². The summed E-state index contributed by atoms with van der Waals surface area (Å²) in [6.45, 7) is 1.04. The van der Waals surface area contributed by atoms with Crippen LogP contribution in [0.25, 0.3) is 11.0 Å². The van der Waals surface area contributed by atoms with Gasteiger partial charge in [-0.3, -0.25) is 4.79 Å². The van der Waals surface area contributed by atoms with Crippen molar-refractivity contribution in [1.29, 1.82) is 0 Å². The van der Waals surface area contributed by atoms with Crippen LogP contribution < -0.4 is 5.32 Å². The van der Waals surface area contributed by atoms with Gasteiger partial charge < -0.3 is 14.5 Å². The predicted molar refractivity (Wildman–Crippen MR) is 96.3 cm³/mol. The summed E-state index contributed by atoms with van der Waals surface area (Å²) < 4.78 is 23.9. The molecule has 0 unspecified atom stereocenters. The molecule has 8 heteroatoms. The van der Waals surface area contributed by atoms with Crippen molar-refractivity contribution < 1.29 is 23.1 Å². The van der Waals surface area contributed by atoms with Crippen molar-refractivity contribution in [1.82, 2.24) is 0 Å². The van der Waals surface area contributed by atoms with Gasteiger partial charge in [0.05, 0.1) is 15.7 Å². The van der Waals surface area contributed by atoms with Gasteiger partial charge in [-0.15, -0.1) is 0 Å².